The van der Waals surface area contributed by atoms with E-state index in [0.717, 1.165) is 34.8 Å². The third-order valence-electron chi connectivity index (χ3n) is 4.38. The van der Waals surface area contributed by atoms with E-state index in [4.69, 9.17) is 0 Å². The lowest BCUT2D eigenvalue weighted by molar-refractivity contribution is -0.132. The topological polar surface area (TPSA) is 57.7 Å². The Morgan fingerprint density at radius 3 is 2.27 bits per heavy atom. The smallest absolute Gasteiger partial charge is 0.243 e. The average Bonchev–Trinajstić information content (AvgIpc) is 3.45. The highest BCUT2D eigenvalue weighted by atomic mass is 32.2. The lowest BCUT2D eigenvalue weighted by atomic mass is 10.2. The zero-order valence-corrected chi connectivity index (χ0v) is 15.3. The van der Waals surface area contributed by atoms with E-state index in [0.29, 0.717) is 6.54 Å². The summed E-state index contributed by atoms with van der Waals surface area (Å²) in [7, 11) is -2.48. The molecular formula is C19H21FN2O3S. The van der Waals surface area contributed by atoms with Gasteiger partial charge in [-0.3, -0.25) is 4.79 Å². The first kappa shape index (κ1) is 18.5. The number of carbonyl (C=O) groups excluding carboxylic acids is 1. The summed E-state index contributed by atoms with van der Waals surface area (Å²) in [5, 5.41) is 0. The van der Waals surface area contributed by atoms with Gasteiger partial charge in [0.2, 0.25) is 15.9 Å². The molecule has 3 rings (SSSR count). The Labute approximate surface area is 153 Å². The van der Waals surface area contributed by atoms with Gasteiger partial charge in [0.1, 0.15) is 5.82 Å². The summed E-state index contributed by atoms with van der Waals surface area (Å²) in [6.07, 6.45) is 1.87. The molecule has 0 heterocycles. The fraction of sp³-hybridized carbons (Fsp3) is 0.316. The van der Waals surface area contributed by atoms with Gasteiger partial charge in [0.25, 0.3) is 0 Å². The molecule has 0 spiro atoms. The molecule has 2 aromatic rings. The zero-order chi connectivity index (χ0) is 18.7. The van der Waals surface area contributed by atoms with Gasteiger partial charge in [-0.25, -0.2) is 12.8 Å². The highest BCUT2D eigenvalue weighted by Crippen LogP contribution is 2.29. The van der Waals surface area contributed by atoms with E-state index in [1.54, 1.807) is 4.90 Å². The normalized spacial score (nSPS) is 14.4. The Kier molecular flexibility index (Phi) is 5.38. The van der Waals surface area contributed by atoms with Crippen LogP contribution in [0.25, 0.3) is 0 Å². The molecule has 2 aromatic carbocycles. The summed E-state index contributed by atoms with van der Waals surface area (Å²) < 4.78 is 39.2. The van der Waals surface area contributed by atoms with Crippen molar-refractivity contribution < 1.29 is 17.6 Å². The molecule has 0 unspecified atom stereocenters. The summed E-state index contributed by atoms with van der Waals surface area (Å²) >= 11 is 0. The Hall–Kier alpha value is -2.25. The molecule has 0 saturated heterocycles. The standard InChI is InChI=1S/C19H21FN2O3S/c1-21(26(24,25)18-11-7-16(20)8-12-18)14-19(23)22(17-9-10-17)13-15-5-3-2-4-6-15/h2-8,11-12,17H,9-10,13-14H2,1H3. The lowest BCUT2D eigenvalue weighted by Crippen LogP contribution is -2.41. The van der Waals surface area contributed by atoms with Gasteiger partial charge in [-0.15, -0.1) is 0 Å². The second-order valence-electron chi connectivity index (χ2n) is 6.45. The van der Waals surface area contributed by atoms with Crippen LogP contribution in [0.5, 0.6) is 0 Å². The van der Waals surface area contributed by atoms with E-state index < -0.39 is 15.8 Å². The van der Waals surface area contributed by atoms with Gasteiger partial charge in [0, 0.05) is 19.6 Å². The van der Waals surface area contributed by atoms with Gasteiger partial charge < -0.3 is 4.90 Å². The number of rotatable bonds is 7. The summed E-state index contributed by atoms with van der Waals surface area (Å²) in [6, 6.07) is 14.4. The van der Waals surface area contributed by atoms with Gasteiger partial charge in [-0.05, 0) is 42.7 Å². The van der Waals surface area contributed by atoms with E-state index in [1.807, 2.05) is 30.3 Å². The maximum absolute atomic E-state index is 13.0. The van der Waals surface area contributed by atoms with Crippen LogP contribution >= 0.6 is 0 Å². The van der Waals surface area contributed by atoms with Crippen LogP contribution in [0.15, 0.2) is 59.5 Å². The maximum Gasteiger partial charge on any atom is 0.243 e. The molecule has 1 fully saturated rings. The quantitative estimate of drug-likeness (QED) is 0.746. The Morgan fingerprint density at radius 1 is 1.08 bits per heavy atom. The first-order chi connectivity index (χ1) is 12.4. The third kappa shape index (κ3) is 4.28. The van der Waals surface area contributed by atoms with E-state index in [-0.39, 0.29) is 23.4 Å². The molecule has 0 N–H and O–H groups in total. The van der Waals surface area contributed by atoms with Gasteiger partial charge in [0.05, 0.1) is 11.4 Å². The van der Waals surface area contributed by atoms with E-state index in [9.17, 15) is 17.6 Å². The second-order valence-corrected chi connectivity index (χ2v) is 8.50. The molecule has 7 heteroatoms. The number of amides is 1. The van der Waals surface area contributed by atoms with Crippen molar-refractivity contribution in [3.8, 4) is 0 Å². The minimum absolute atomic E-state index is 0.0322. The molecule has 0 bridgehead atoms. The molecule has 0 aliphatic heterocycles. The average molecular weight is 376 g/mol. The number of hydrogen-bond acceptors (Lipinski definition) is 3. The number of halogens is 1. The number of likely N-dealkylation sites (N-methyl/N-ethyl adjacent to an activating group) is 1. The van der Waals surface area contributed by atoms with Crippen LogP contribution in [0.1, 0.15) is 18.4 Å². The Balaban J connectivity index is 1.71. The van der Waals surface area contributed by atoms with Crippen molar-refractivity contribution in [2.45, 2.75) is 30.3 Å². The van der Waals surface area contributed by atoms with Gasteiger partial charge in [-0.2, -0.15) is 4.31 Å². The van der Waals surface area contributed by atoms with Crippen LogP contribution in [0.4, 0.5) is 4.39 Å². The SMILES string of the molecule is CN(CC(=O)N(Cc1ccccc1)C1CC1)S(=O)(=O)c1ccc(F)cc1. The van der Waals surface area contributed by atoms with Crippen LogP contribution in [0.2, 0.25) is 0 Å². The summed E-state index contributed by atoms with van der Waals surface area (Å²) in [6.45, 7) is 0.220. The molecule has 0 aromatic heterocycles. The van der Waals surface area contributed by atoms with Crippen LogP contribution in [-0.2, 0) is 21.4 Å². The van der Waals surface area contributed by atoms with Gasteiger partial charge in [-0.1, -0.05) is 30.3 Å². The first-order valence-electron chi connectivity index (χ1n) is 8.43. The highest BCUT2D eigenvalue weighted by Gasteiger charge is 2.34. The Bertz CT molecular complexity index is 865. The predicted octanol–water partition coefficient (Wildman–Crippen LogP) is 2.64. The molecule has 26 heavy (non-hydrogen) atoms. The molecule has 5 nitrogen and oxygen atoms in total. The molecule has 0 radical (unpaired) electrons. The van der Waals surface area contributed by atoms with Crippen molar-refractivity contribution >= 4 is 15.9 Å². The zero-order valence-electron chi connectivity index (χ0n) is 14.5. The maximum atomic E-state index is 13.0. The van der Waals surface area contributed by atoms with Crippen LogP contribution in [0, 0.1) is 5.82 Å². The fourth-order valence-corrected chi connectivity index (χ4v) is 3.86. The number of sulfonamides is 1. The summed E-state index contributed by atoms with van der Waals surface area (Å²) in [5.74, 6) is -0.741. The number of carbonyl (C=O) groups is 1. The fourth-order valence-electron chi connectivity index (χ4n) is 2.74. The van der Waals surface area contributed by atoms with Crippen molar-refractivity contribution in [1.29, 1.82) is 0 Å². The van der Waals surface area contributed by atoms with Crippen molar-refractivity contribution in [2.24, 2.45) is 0 Å². The van der Waals surface area contributed by atoms with Crippen LogP contribution in [0.3, 0.4) is 0 Å². The van der Waals surface area contributed by atoms with Crippen molar-refractivity contribution in [3.63, 3.8) is 0 Å². The number of benzene rings is 2. The number of nitrogens with zero attached hydrogens (tertiary/aromatic N) is 2. The molecule has 1 aliphatic carbocycles. The van der Waals surface area contributed by atoms with Crippen LogP contribution in [-0.4, -0.2) is 43.2 Å². The molecule has 1 amide bonds. The van der Waals surface area contributed by atoms with E-state index in [1.165, 1.54) is 19.2 Å². The van der Waals surface area contributed by atoms with Gasteiger partial charge >= 0.3 is 0 Å². The summed E-state index contributed by atoms with van der Waals surface area (Å²) in [5.41, 5.74) is 1.01. The minimum atomic E-state index is -3.84. The predicted molar refractivity (Wildman–Crippen MR) is 96.2 cm³/mol. The molecule has 138 valence electrons. The van der Waals surface area contributed by atoms with Crippen molar-refractivity contribution in [1.82, 2.24) is 9.21 Å². The molecule has 0 atom stereocenters. The molecule has 1 saturated carbocycles. The summed E-state index contributed by atoms with van der Waals surface area (Å²) in [4.78, 5) is 14.4. The largest absolute Gasteiger partial charge is 0.334 e. The molecular weight excluding hydrogens is 355 g/mol. The molecule has 1 aliphatic rings. The lowest BCUT2D eigenvalue weighted by Gasteiger charge is -2.25. The third-order valence-corrected chi connectivity index (χ3v) is 6.20. The second kappa shape index (κ2) is 7.55. The highest BCUT2D eigenvalue weighted by molar-refractivity contribution is 7.89. The van der Waals surface area contributed by atoms with Crippen molar-refractivity contribution in [3.05, 3.63) is 66.0 Å². The number of hydrogen-bond donors (Lipinski definition) is 0. The monoisotopic (exact) mass is 376 g/mol. The Morgan fingerprint density at radius 2 is 1.69 bits per heavy atom. The van der Waals surface area contributed by atoms with Crippen molar-refractivity contribution in [2.75, 3.05) is 13.6 Å². The first-order valence-corrected chi connectivity index (χ1v) is 9.87. The van der Waals surface area contributed by atoms with Gasteiger partial charge in [0.15, 0.2) is 0 Å². The van der Waals surface area contributed by atoms with E-state index in [2.05, 4.69) is 0 Å². The van der Waals surface area contributed by atoms with E-state index >= 15 is 0 Å². The van der Waals surface area contributed by atoms with Crippen LogP contribution < -0.4 is 0 Å². The minimum Gasteiger partial charge on any atom is -0.334 e.